The van der Waals surface area contributed by atoms with Gasteiger partial charge in [0.1, 0.15) is 4.90 Å². The first-order valence-corrected chi connectivity index (χ1v) is 9.43. The average molecular weight is 365 g/mol. The highest BCUT2D eigenvalue weighted by atomic mass is 32.2. The van der Waals surface area contributed by atoms with E-state index in [1.807, 2.05) is 4.90 Å². The molecule has 0 aliphatic carbocycles. The normalized spacial score (nSPS) is 20.5. The van der Waals surface area contributed by atoms with Gasteiger partial charge in [0.2, 0.25) is 0 Å². The van der Waals surface area contributed by atoms with Gasteiger partial charge in [0.25, 0.3) is 15.9 Å². The van der Waals surface area contributed by atoms with Crippen molar-refractivity contribution in [3.8, 4) is 0 Å². The Hall–Kier alpha value is -2.42. The Morgan fingerprint density at radius 2 is 1.92 bits per heavy atom. The minimum absolute atomic E-state index is 0.210. The van der Waals surface area contributed by atoms with Crippen molar-refractivity contribution >= 4 is 27.7 Å². The Balaban J connectivity index is 1.68. The summed E-state index contributed by atoms with van der Waals surface area (Å²) in [6.45, 7) is 2.39. The predicted molar refractivity (Wildman–Crippen MR) is 89.2 cm³/mol. The molecule has 0 radical (unpaired) electrons. The zero-order chi connectivity index (χ0) is 18.2. The molecule has 2 N–H and O–H groups in total. The second kappa shape index (κ2) is 6.47. The zero-order valence-corrected chi connectivity index (χ0v) is 14.5. The monoisotopic (exact) mass is 365 g/mol. The Kier molecular flexibility index (Phi) is 4.51. The van der Waals surface area contributed by atoms with Crippen molar-refractivity contribution in [2.24, 2.45) is 16.0 Å². The number of rotatable bonds is 3. The van der Waals surface area contributed by atoms with Crippen LogP contribution in [-0.4, -0.2) is 50.2 Å². The smallest absolute Gasteiger partial charge is 0.309 e. The number of esters is 1. The fraction of sp³-hybridized carbons (Fsp3) is 0.438. The van der Waals surface area contributed by atoms with Crippen LogP contribution in [0, 0.1) is 5.92 Å². The van der Waals surface area contributed by atoms with Gasteiger partial charge in [-0.25, -0.2) is 0 Å². The summed E-state index contributed by atoms with van der Waals surface area (Å²) in [5, 5.41) is 0. The van der Waals surface area contributed by atoms with Gasteiger partial charge in [0, 0.05) is 18.7 Å². The van der Waals surface area contributed by atoms with Crippen LogP contribution in [0.2, 0.25) is 0 Å². The molecule has 0 aromatic heterocycles. The van der Waals surface area contributed by atoms with E-state index in [2.05, 4.69) is 4.40 Å². The first kappa shape index (κ1) is 17.4. The molecule has 0 saturated carbocycles. The number of amidine groups is 1. The number of nitrogens with zero attached hydrogens (tertiary/aromatic N) is 2. The molecule has 1 unspecified atom stereocenters. The topological polar surface area (TPSA) is 119 Å². The quantitative estimate of drug-likeness (QED) is 0.768. The first-order chi connectivity index (χ1) is 11.8. The number of primary amides is 1. The number of ether oxygens (including phenoxy) is 1. The number of piperidine rings is 1. The van der Waals surface area contributed by atoms with Gasteiger partial charge in [0.15, 0.2) is 11.9 Å². The van der Waals surface area contributed by atoms with Gasteiger partial charge in [0.05, 0.1) is 5.92 Å². The van der Waals surface area contributed by atoms with E-state index in [9.17, 15) is 18.0 Å². The lowest BCUT2D eigenvalue weighted by Crippen LogP contribution is -2.42. The lowest BCUT2D eigenvalue weighted by Gasteiger charge is -2.32. The number of carbonyl (C=O) groups excluding carboxylic acids is 2. The van der Waals surface area contributed by atoms with Crippen LogP contribution in [0.25, 0.3) is 0 Å². The molecular formula is C16H19N3O5S. The van der Waals surface area contributed by atoms with Gasteiger partial charge < -0.3 is 15.4 Å². The third-order valence-corrected chi connectivity index (χ3v) is 5.76. The van der Waals surface area contributed by atoms with Crippen molar-refractivity contribution < 1.29 is 22.7 Å². The highest BCUT2D eigenvalue weighted by molar-refractivity contribution is 7.90. The molecule has 9 heteroatoms. The number of nitrogens with two attached hydrogens (primary N) is 1. The lowest BCUT2D eigenvalue weighted by atomic mass is 9.96. The molecule has 134 valence electrons. The molecule has 2 heterocycles. The standard InChI is InChI=1S/C16H19N3O5S/c1-10(14(17)20)24-16(21)11-6-8-19(9-7-11)15-12-4-2-3-5-13(12)25(22,23)18-15/h2-5,10-11H,6-9H2,1H3,(H2,17,20). The molecule has 1 atom stereocenters. The van der Waals surface area contributed by atoms with E-state index < -0.39 is 28.0 Å². The molecule has 2 aliphatic heterocycles. The number of carbonyl (C=O) groups is 2. The molecule has 3 rings (SSSR count). The molecule has 2 aliphatic rings. The maximum atomic E-state index is 12.1. The number of hydrogen-bond donors (Lipinski definition) is 1. The molecule has 8 nitrogen and oxygen atoms in total. The van der Waals surface area contributed by atoms with Crippen LogP contribution in [-0.2, 0) is 24.3 Å². The van der Waals surface area contributed by atoms with Gasteiger partial charge in [-0.2, -0.15) is 8.42 Å². The highest BCUT2D eigenvalue weighted by Gasteiger charge is 2.35. The van der Waals surface area contributed by atoms with Crippen LogP contribution in [0.4, 0.5) is 0 Å². The fourth-order valence-corrected chi connectivity index (χ4v) is 4.20. The van der Waals surface area contributed by atoms with Gasteiger partial charge in [-0.1, -0.05) is 12.1 Å². The third-order valence-electron chi connectivity index (χ3n) is 4.43. The van der Waals surface area contributed by atoms with Crippen LogP contribution in [0.1, 0.15) is 25.3 Å². The van der Waals surface area contributed by atoms with Gasteiger partial charge in [-0.3, -0.25) is 9.59 Å². The maximum absolute atomic E-state index is 12.1. The summed E-state index contributed by atoms with van der Waals surface area (Å²) in [6, 6.07) is 6.70. The molecular weight excluding hydrogens is 346 g/mol. The number of fused-ring (bicyclic) bond motifs is 1. The molecule has 1 aromatic rings. The second-order valence-electron chi connectivity index (χ2n) is 6.13. The molecule has 25 heavy (non-hydrogen) atoms. The van der Waals surface area contributed by atoms with E-state index >= 15 is 0 Å². The SMILES string of the molecule is CC(OC(=O)C1CCN(C2=NS(=O)(=O)c3ccccc32)CC1)C(N)=O. The van der Waals surface area contributed by atoms with Crippen LogP contribution in [0.3, 0.4) is 0 Å². The number of amides is 1. The molecule has 1 fully saturated rings. The molecule has 1 amide bonds. The largest absolute Gasteiger partial charge is 0.452 e. The molecule has 1 aromatic carbocycles. The number of sulfonamides is 1. The van der Waals surface area contributed by atoms with E-state index in [4.69, 9.17) is 10.5 Å². The Labute approximate surface area is 145 Å². The molecule has 0 bridgehead atoms. The van der Waals surface area contributed by atoms with Crippen molar-refractivity contribution in [2.45, 2.75) is 30.8 Å². The fourth-order valence-electron chi connectivity index (χ4n) is 2.97. The van der Waals surface area contributed by atoms with Crippen molar-refractivity contribution in [1.82, 2.24) is 4.90 Å². The minimum atomic E-state index is -3.66. The van der Waals surface area contributed by atoms with Gasteiger partial charge in [-0.15, -0.1) is 4.40 Å². The zero-order valence-electron chi connectivity index (χ0n) is 13.7. The van der Waals surface area contributed by atoms with Crippen LogP contribution in [0.15, 0.2) is 33.6 Å². The van der Waals surface area contributed by atoms with Crippen LogP contribution >= 0.6 is 0 Å². The lowest BCUT2D eigenvalue weighted by molar-refractivity contribution is -0.159. The summed E-state index contributed by atoms with van der Waals surface area (Å²) in [5.41, 5.74) is 5.68. The third kappa shape index (κ3) is 3.37. The average Bonchev–Trinajstić information content (AvgIpc) is 2.87. The molecule has 0 spiro atoms. The Morgan fingerprint density at radius 3 is 2.56 bits per heavy atom. The maximum Gasteiger partial charge on any atom is 0.309 e. The number of likely N-dealkylation sites (tertiary alicyclic amines) is 1. The van der Waals surface area contributed by atoms with Crippen LogP contribution in [0.5, 0.6) is 0 Å². The summed E-state index contributed by atoms with van der Waals surface area (Å²) >= 11 is 0. The summed E-state index contributed by atoms with van der Waals surface area (Å²) < 4.78 is 33.2. The second-order valence-corrected chi connectivity index (χ2v) is 7.70. The van der Waals surface area contributed by atoms with E-state index in [1.54, 1.807) is 18.2 Å². The first-order valence-electron chi connectivity index (χ1n) is 7.98. The van der Waals surface area contributed by atoms with Crippen molar-refractivity contribution in [1.29, 1.82) is 0 Å². The highest BCUT2D eigenvalue weighted by Crippen LogP contribution is 2.29. The summed E-state index contributed by atoms with van der Waals surface area (Å²) in [5.74, 6) is -1.06. The van der Waals surface area contributed by atoms with E-state index in [-0.39, 0.29) is 10.8 Å². The Morgan fingerprint density at radius 1 is 1.28 bits per heavy atom. The van der Waals surface area contributed by atoms with Crippen molar-refractivity contribution in [3.05, 3.63) is 29.8 Å². The predicted octanol–water partition coefficient (Wildman–Crippen LogP) is 0.265. The number of hydrogen-bond acceptors (Lipinski definition) is 6. The van der Waals surface area contributed by atoms with E-state index in [1.165, 1.54) is 13.0 Å². The van der Waals surface area contributed by atoms with Gasteiger partial charge in [-0.05, 0) is 31.9 Å². The summed E-state index contributed by atoms with van der Waals surface area (Å²) in [7, 11) is -3.66. The van der Waals surface area contributed by atoms with Crippen LogP contribution < -0.4 is 5.73 Å². The van der Waals surface area contributed by atoms with E-state index in [0.29, 0.717) is 37.3 Å². The summed E-state index contributed by atoms with van der Waals surface area (Å²) in [6.07, 6.45) is 0.0265. The van der Waals surface area contributed by atoms with E-state index in [0.717, 1.165) is 0 Å². The van der Waals surface area contributed by atoms with Crippen molar-refractivity contribution in [3.63, 3.8) is 0 Å². The van der Waals surface area contributed by atoms with Crippen molar-refractivity contribution in [2.75, 3.05) is 13.1 Å². The number of benzene rings is 1. The van der Waals surface area contributed by atoms with Gasteiger partial charge >= 0.3 is 5.97 Å². The molecule has 1 saturated heterocycles. The summed E-state index contributed by atoms with van der Waals surface area (Å²) in [4.78, 5) is 25.1. The Bertz CT molecular complexity index is 841. The minimum Gasteiger partial charge on any atom is -0.452 e.